The zero-order valence-corrected chi connectivity index (χ0v) is 15.9. The van der Waals surface area contributed by atoms with Crippen LogP contribution in [0.1, 0.15) is 18.4 Å². The molecule has 0 atom stereocenters. The number of aromatic nitrogens is 2. The van der Waals surface area contributed by atoms with E-state index in [0.717, 1.165) is 18.4 Å². The molecule has 29 heavy (non-hydrogen) atoms. The molecule has 7 nitrogen and oxygen atoms in total. The van der Waals surface area contributed by atoms with E-state index in [-0.39, 0.29) is 18.3 Å². The second-order valence-corrected chi connectivity index (χ2v) is 7.14. The third-order valence-corrected chi connectivity index (χ3v) is 4.69. The van der Waals surface area contributed by atoms with E-state index in [9.17, 15) is 14.7 Å². The van der Waals surface area contributed by atoms with E-state index in [1.807, 2.05) is 6.07 Å². The molecule has 1 aromatic heterocycles. The van der Waals surface area contributed by atoms with Gasteiger partial charge in [-0.05, 0) is 67.3 Å². The highest BCUT2D eigenvalue weighted by molar-refractivity contribution is 5.78. The standard InChI is InChI=1S/C22H21N3O4/c1-13-9-15(5-8-20(13)26)19-11-18(24-22(28)25-19)14-3-2-4-17(10-14)29-12-21(27)23-16-6-7-16/h2-5,8-11,16,26H,6-7,12H2,1H3,(H,23,27)(H,24,25,28). The van der Waals surface area contributed by atoms with Crippen LogP contribution in [0.3, 0.4) is 0 Å². The summed E-state index contributed by atoms with van der Waals surface area (Å²) in [5.41, 5.74) is 2.79. The van der Waals surface area contributed by atoms with Crippen molar-refractivity contribution in [3.8, 4) is 34.0 Å². The highest BCUT2D eigenvalue weighted by Gasteiger charge is 2.23. The number of hydrogen-bond donors (Lipinski definition) is 3. The van der Waals surface area contributed by atoms with Gasteiger partial charge in [0.05, 0.1) is 11.4 Å². The summed E-state index contributed by atoms with van der Waals surface area (Å²) in [6, 6.07) is 14.3. The summed E-state index contributed by atoms with van der Waals surface area (Å²) in [6.45, 7) is 1.74. The second kappa shape index (κ2) is 7.79. The molecule has 1 aliphatic carbocycles. The van der Waals surface area contributed by atoms with E-state index in [4.69, 9.17) is 4.74 Å². The highest BCUT2D eigenvalue weighted by Crippen LogP contribution is 2.27. The summed E-state index contributed by atoms with van der Waals surface area (Å²) in [5.74, 6) is 0.579. The number of benzene rings is 2. The van der Waals surface area contributed by atoms with Crippen molar-refractivity contribution in [3.05, 3.63) is 64.6 Å². The van der Waals surface area contributed by atoms with Gasteiger partial charge in [-0.1, -0.05) is 12.1 Å². The predicted octanol–water partition coefficient (Wildman–Crippen LogP) is 2.78. The first-order valence-electron chi connectivity index (χ1n) is 9.42. The fourth-order valence-corrected chi connectivity index (χ4v) is 2.98. The lowest BCUT2D eigenvalue weighted by atomic mass is 10.1. The Labute approximate surface area is 167 Å². The van der Waals surface area contributed by atoms with Crippen LogP contribution in [0.15, 0.2) is 53.3 Å². The summed E-state index contributed by atoms with van der Waals surface area (Å²) < 4.78 is 5.58. The number of aryl methyl sites for hydroxylation is 1. The quantitative estimate of drug-likeness (QED) is 0.599. The van der Waals surface area contributed by atoms with Crippen LogP contribution in [0.2, 0.25) is 0 Å². The first-order chi connectivity index (χ1) is 14.0. The first kappa shape index (κ1) is 18.7. The smallest absolute Gasteiger partial charge is 0.345 e. The van der Waals surface area contributed by atoms with Gasteiger partial charge in [0.25, 0.3) is 5.91 Å². The molecule has 3 N–H and O–H groups in total. The molecule has 0 bridgehead atoms. The number of carbonyl (C=O) groups is 1. The maximum Gasteiger partial charge on any atom is 0.345 e. The Kier molecular flexibility index (Phi) is 5.03. The van der Waals surface area contributed by atoms with Crippen LogP contribution < -0.4 is 15.7 Å². The van der Waals surface area contributed by atoms with Gasteiger partial charge in [0, 0.05) is 11.6 Å². The molecule has 7 heteroatoms. The predicted molar refractivity (Wildman–Crippen MR) is 109 cm³/mol. The fourth-order valence-electron chi connectivity index (χ4n) is 2.98. The third kappa shape index (κ3) is 4.63. The Morgan fingerprint density at radius 1 is 1.21 bits per heavy atom. The summed E-state index contributed by atoms with van der Waals surface area (Å²) in [5, 5.41) is 12.6. The average molecular weight is 391 g/mol. The zero-order valence-electron chi connectivity index (χ0n) is 15.9. The van der Waals surface area contributed by atoms with Gasteiger partial charge in [-0.25, -0.2) is 4.79 Å². The molecule has 1 amide bonds. The number of nitrogens with zero attached hydrogens (tertiary/aromatic N) is 1. The minimum absolute atomic E-state index is 0.0548. The normalized spacial score (nSPS) is 13.1. The molecule has 1 heterocycles. The van der Waals surface area contributed by atoms with Crippen molar-refractivity contribution in [3.63, 3.8) is 0 Å². The summed E-state index contributed by atoms with van der Waals surface area (Å²) in [7, 11) is 0. The van der Waals surface area contributed by atoms with Crippen molar-refractivity contribution >= 4 is 5.91 Å². The molecule has 2 aromatic carbocycles. The maximum atomic E-state index is 12.1. The minimum atomic E-state index is -0.474. The van der Waals surface area contributed by atoms with Gasteiger partial charge >= 0.3 is 5.69 Å². The molecule has 0 radical (unpaired) electrons. The van der Waals surface area contributed by atoms with Gasteiger partial charge < -0.3 is 20.1 Å². The molecular formula is C22H21N3O4. The molecule has 0 unspecified atom stereocenters. The Hall–Kier alpha value is -3.61. The highest BCUT2D eigenvalue weighted by atomic mass is 16.5. The van der Waals surface area contributed by atoms with Crippen molar-refractivity contribution in [1.82, 2.24) is 15.3 Å². The summed E-state index contributed by atoms with van der Waals surface area (Å²) in [6.07, 6.45) is 2.05. The van der Waals surface area contributed by atoms with Crippen LogP contribution in [-0.4, -0.2) is 33.6 Å². The van der Waals surface area contributed by atoms with Crippen molar-refractivity contribution in [1.29, 1.82) is 0 Å². The number of amides is 1. The van der Waals surface area contributed by atoms with E-state index in [1.165, 1.54) is 0 Å². The molecule has 1 aliphatic rings. The van der Waals surface area contributed by atoms with Gasteiger partial charge in [0.15, 0.2) is 6.61 Å². The lowest BCUT2D eigenvalue weighted by Crippen LogP contribution is -2.30. The maximum absolute atomic E-state index is 12.1. The number of ether oxygens (including phenoxy) is 1. The monoisotopic (exact) mass is 391 g/mol. The molecule has 0 aliphatic heterocycles. The van der Waals surface area contributed by atoms with Crippen LogP contribution in [0.5, 0.6) is 11.5 Å². The number of aromatic amines is 1. The van der Waals surface area contributed by atoms with Gasteiger partial charge in [0.2, 0.25) is 0 Å². The van der Waals surface area contributed by atoms with Crippen molar-refractivity contribution in [2.75, 3.05) is 6.61 Å². The molecule has 1 fully saturated rings. The molecule has 3 aromatic rings. The summed E-state index contributed by atoms with van der Waals surface area (Å²) >= 11 is 0. The molecule has 1 saturated carbocycles. The molecule has 4 rings (SSSR count). The first-order valence-corrected chi connectivity index (χ1v) is 9.42. The van der Waals surface area contributed by atoms with E-state index < -0.39 is 5.69 Å². The zero-order chi connectivity index (χ0) is 20.4. The number of carbonyl (C=O) groups excluding carboxylic acids is 1. The molecular weight excluding hydrogens is 370 g/mol. The largest absolute Gasteiger partial charge is 0.508 e. The van der Waals surface area contributed by atoms with E-state index in [2.05, 4.69) is 15.3 Å². The van der Waals surface area contributed by atoms with Crippen molar-refractivity contribution < 1.29 is 14.6 Å². The molecule has 0 saturated heterocycles. The Morgan fingerprint density at radius 2 is 2.03 bits per heavy atom. The van der Waals surface area contributed by atoms with E-state index in [0.29, 0.717) is 34.3 Å². The topological polar surface area (TPSA) is 104 Å². The van der Waals surface area contributed by atoms with Crippen LogP contribution in [0, 0.1) is 6.92 Å². The van der Waals surface area contributed by atoms with Crippen molar-refractivity contribution in [2.45, 2.75) is 25.8 Å². The SMILES string of the molecule is Cc1cc(-c2cc(-c3cccc(OCC(=O)NC4CC4)c3)nc(=O)[nH]2)ccc1O. The van der Waals surface area contributed by atoms with Crippen LogP contribution in [0.4, 0.5) is 0 Å². The third-order valence-electron chi connectivity index (χ3n) is 4.69. The van der Waals surface area contributed by atoms with Gasteiger partial charge in [-0.2, -0.15) is 4.98 Å². The fraction of sp³-hybridized carbons (Fsp3) is 0.227. The number of H-pyrrole nitrogens is 1. The second-order valence-electron chi connectivity index (χ2n) is 7.14. The minimum Gasteiger partial charge on any atom is -0.508 e. The number of aromatic hydroxyl groups is 1. The van der Waals surface area contributed by atoms with Gasteiger partial charge in [0.1, 0.15) is 11.5 Å². The number of nitrogens with one attached hydrogen (secondary N) is 2. The number of phenolic OH excluding ortho intramolecular Hbond substituents is 1. The van der Waals surface area contributed by atoms with Crippen LogP contribution in [0.25, 0.3) is 22.5 Å². The average Bonchev–Trinajstić information content (AvgIpc) is 3.52. The Morgan fingerprint density at radius 3 is 2.79 bits per heavy atom. The Bertz CT molecular complexity index is 1120. The van der Waals surface area contributed by atoms with Crippen molar-refractivity contribution in [2.24, 2.45) is 0 Å². The van der Waals surface area contributed by atoms with E-state index in [1.54, 1.807) is 49.4 Å². The number of rotatable bonds is 6. The van der Waals surface area contributed by atoms with Crippen LogP contribution >= 0.6 is 0 Å². The lowest BCUT2D eigenvalue weighted by Gasteiger charge is -2.09. The molecule has 0 spiro atoms. The Balaban J connectivity index is 1.57. The molecule has 148 valence electrons. The van der Waals surface area contributed by atoms with Crippen LogP contribution in [-0.2, 0) is 4.79 Å². The summed E-state index contributed by atoms with van der Waals surface area (Å²) in [4.78, 5) is 30.7. The van der Waals surface area contributed by atoms with E-state index >= 15 is 0 Å². The number of phenols is 1. The lowest BCUT2D eigenvalue weighted by molar-refractivity contribution is -0.123. The number of hydrogen-bond acceptors (Lipinski definition) is 5. The van der Waals surface area contributed by atoms with Gasteiger partial charge in [-0.15, -0.1) is 0 Å². The van der Waals surface area contributed by atoms with Gasteiger partial charge in [-0.3, -0.25) is 4.79 Å².